The highest BCUT2D eigenvalue weighted by atomic mass is 16.5. The van der Waals surface area contributed by atoms with Gasteiger partial charge in [-0.1, -0.05) is 23.7 Å². The van der Waals surface area contributed by atoms with Gasteiger partial charge < -0.3 is 19.3 Å². The lowest BCUT2D eigenvalue weighted by atomic mass is 10.2. The van der Waals surface area contributed by atoms with E-state index in [0.29, 0.717) is 17.2 Å². The Kier molecular flexibility index (Phi) is 6.74. The zero-order chi connectivity index (χ0) is 15.7. The van der Waals surface area contributed by atoms with Gasteiger partial charge in [0.05, 0.1) is 21.3 Å². The predicted molar refractivity (Wildman–Crippen MR) is 81.6 cm³/mol. The minimum Gasteiger partial charge on any atom is -0.493 e. The number of hydrogen-bond donors (Lipinski definition) is 1. The lowest BCUT2D eigenvalue weighted by Gasteiger charge is -2.12. The fourth-order valence-electron chi connectivity index (χ4n) is 1.53. The van der Waals surface area contributed by atoms with Crippen molar-refractivity contribution in [3.63, 3.8) is 0 Å². The molecule has 0 amide bonds. The van der Waals surface area contributed by atoms with Crippen molar-refractivity contribution in [1.82, 2.24) is 0 Å². The predicted octanol–water partition coefficient (Wildman–Crippen LogP) is 2.00. The summed E-state index contributed by atoms with van der Waals surface area (Å²) in [4.78, 5) is 0. The highest BCUT2D eigenvalue weighted by Gasteiger charge is 2.11. The molecular weight excluding hydrogens is 268 g/mol. The average Bonchev–Trinajstić information content (AvgIpc) is 2.49. The molecule has 1 atom stereocenters. The number of aliphatic hydroxyl groups is 1. The van der Waals surface area contributed by atoms with Gasteiger partial charge in [-0.3, -0.25) is 0 Å². The number of benzene rings is 1. The number of allylic oxidation sites excluding steroid dienone is 2. The second-order valence-corrected chi connectivity index (χ2v) is 3.98. The van der Waals surface area contributed by atoms with Gasteiger partial charge in [-0.05, 0) is 31.2 Å². The van der Waals surface area contributed by atoms with Crippen LogP contribution in [-0.4, -0.2) is 32.5 Å². The van der Waals surface area contributed by atoms with Gasteiger partial charge in [-0.2, -0.15) is 0 Å². The Bertz CT molecular complexity index is 597. The number of rotatable bonds is 3. The van der Waals surface area contributed by atoms with Crippen LogP contribution in [0.25, 0.3) is 0 Å². The molecular formula is C17H18O4. The molecule has 0 bridgehead atoms. The molecule has 0 fully saturated rings. The summed E-state index contributed by atoms with van der Waals surface area (Å²) in [6, 6.07) is 3.54. The average molecular weight is 286 g/mol. The Morgan fingerprint density at radius 1 is 1.00 bits per heavy atom. The number of hydrogen-bond acceptors (Lipinski definition) is 4. The number of aliphatic hydroxyl groups excluding tert-OH is 1. The SMILES string of the molecule is COc1cc(C#C/C=C/C#C[C@@H](C)O)cc(OC)c1OC. The lowest BCUT2D eigenvalue weighted by Crippen LogP contribution is -1.95. The van der Waals surface area contributed by atoms with E-state index in [0.717, 1.165) is 5.56 Å². The molecule has 0 unspecified atom stereocenters. The molecule has 0 saturated heterocycles. The van der Waals surface area contributed by atoms with Crippen molar-refractivity contribution in [1.29, 1.82) is 0 Å². The van der Waals surface area contributed by atoms with Gasteiger partial charge in [0.2, 0.25) is 5.75 Å². The Hall–Kier alpha value is -2.56. The number of methoxy groups -OCH3 is 3. The Labute approximate surface area is 125 Å². The molecule has 0 aliphatic carbocycles. The minimum atomic E-state index is -0.641. The summed E-state index contributed by atoms with van der Waals surface area (Å²) in [7, 11) is 4.66. The van der Waals surface area contributed by atoms with Crippen LogP contribution in [0.5, 0.6) is 17.2 Å². The van der Waals surface area contributed by atoms with Crippen molar-refractivity contribution in [3.8, 4) is 40.9 Å². The van der Waals surface area contributed by atoms with Crippen LogP contribution in [0.1, 0.15) is 12.5 Å². The van der Waals surface area contributed by atoms with Crippen molar-refractivity contribution < 1.29 is 19.3 Å². The third kappa shape index (κ3) is 5.14. The molecule has 0 aliphatic rings. The van der Waals surface area contributed by atoms with Gasteiger partial charge in [0.15, 0.2) is 11.5 Å². The van der Waals surface area contributed by atoms with Gasteiger partial charge in [0, 0.05) is 5.56 Å². The van der Waals surface area contributed by atoms with E-state index in [4.69, 9.17) is 19.3 Å². The largest absolute Gasteiger partial charge is 0.493 e. The second kappa shape index (κ2) is 8.58. The van der Waals surface area contributed by atoms with Crippen LogP contribution in [0.4, 0.5) is 0 Å². The van der Waals surface area contributed by atoms with E-state index in [-0.39, 0.29) is 0 Å². The van der Waals surface area contributed by atoms with E-state index >= 15 is 0 Å². The molecule has 1 N–H and O–H groups in total. The smallest absolute Gasteiger partial charge is 0.203 e. The monoisotopic (exact) mass is 286 g/mol. The zero-order valence-electron chi connectivity index (χ0n) is 12.6. The summed E-state index contributed by atoms with van der Waals surface area (Å²) in [6.07, 6.45) is 2.55. The Morgan fingerprint density at radius 3 is 2.05 bits per heavy atom. The first-order chi connectivity index (χ1) is 10.1. The van der Waals surface area contributed by atoms with Crippen molar-refractivity contribution in [3.05, 3.63) is 29.8 Å². The highest BCUT2D eigenvalue weighted by Crippen LogP contribution is 2.37. The standard InChI is InChI=1S/C17H18O4/c1-13(18)9-7-5-6-8-10-14-11-15(19-2)17(21-4)16(12-14)20-3/h5-6,11-13,18H,1-4H3/b6-5+/t13-/m1/s1. The summed E-state index contributed by atoms with van der Waals surface area (Å²) >= 11 is 0. The van der Waals surface area contributed by atoms with Crippen molar-refractivity contribution >= 4 is 0 Å². The molecule has 0 aliphatic heterocycles. The number of ether oxygens (including phenoxy) is 3. The molecule has 0 radical (unpaired) electrons. The van der Waals surface area contributed by atoms with E-state index in [1.165, 1.54) is 0 Å². The summed E-state index contributed by atoms with van der Waals surface area (Å²) < 4.78 is 15.7. The normalized spacial score (nSPS) is 10.9. The van der Waals surface area contributed by atoms with E-state index in [9.17, 15) is 0 Å². The topological polar surface area (TPSA) is 47.9 Å². The van der Waals surface area contributed by atoms with Crippen LogP contribution in [0, 0.1) is 23.7 Å². The maximum atomic E-state index is 8.97. The van der Waals surface area contributed by atoms with Crippen LogP contribution in [0.15, 0.2) is 24.3 Å². The first kappa shape index (κ1) is 16.5. The molecule has 1 aromatic rings. The fraction of sp³-hybridized carbons (Fsp3) is 0.294. The minimum absolute atomic E-state index is 0.531. The summed E-state index contributed by atoms with van der Waals surface area (Å²) in [5, 5.41) is 8.97. The maximum absolute atomic E-state index is 8.97. The molecule has 4 heteroatoms. The van der Waals surface area contributed by atoms with Crippen LogP contribution in [-0.2, 0) is 0 Å². The van der Waals surface area contributed by atoms with Gasteiger partial charge in [0.1, 0.15) is 6.10 Å². The quantitative estimate of drug-likeness (QED) is 0.864. The molecule has 0 saturated carbocycles. The molecule has 0 heterocycles. The van der Waals surface area contributed by atoms with Gasteiger partial charge >= 0.3 is 0 Å². The summed E-state index contributed by atoms with van der Waals surface area (Å²) in [5.41, 5.74) is 0.734. The van der Waals surface area contributed by atoms with Crippen LogP contribution in [0.3, 0.4) is 0 Å². The molecule has 1 aromatic carbocycles. The van der Waals surface area contributed by atoms with Gasteiger partial charge in [0.25, 0.3) is 0 Å². The third-order valence-electron chi connectivity index (χ3n) is 2.42. The van der Waals surface area contributed by atoms with Crippen LogP contribution >= 0.6 is 0 Å². The van der Waals surface area contributed by atoms with E-state index in [2.05, 4.69) is 23.7 Å². The van der Waals surface area contributed by atoms with E-state index < -0.39 is 6.10 Å². The van der Waals surface area contributed by atoms with Crippen LogP contribution in [0.2, 0.25) is 0 Å². The second-order valence-electron chi connectivity index (χ2n) is 3.98. The van der Waals surface area contributed by atoms with Crippen molar-refractivity contribution in [2.75, 3.05) is 21.3 Å². The Balaban J connectivity index is 2.98. The lowest BCUT2D eigenvalue weighted by molar-refractivity contribution is 0.253. The van der Waals surface area contributed by atoms with Gasteiger partial charge in [-0.25, -0.2) is 0 Å². The summed E-state index contributed by atoms with van der Waals surface area (Å²) in [6.45, 7) is 1.60. The maximum Gasteiger partial charge on any atom is 0.203 e. The first-order valence-corrected chi connectivity index (χ1v) is 6.28. The molecule has 21 heavy (non-hydrogen) atoms. The van der Waals surface area contributed by atoms with E-state index in [1.54, 1.807) is 52.5 Å². The molecule has 110 valence electrons. The van der Waals surface area contributed by atoms with E-state index in [1.807, 2.05) is 0 Å². The molecule has 4 nitrogen and oxygen atoms in total. The highest BCUT2D eigenvalue weighted by molar-refractivity contribution is 5.57. The molecule has 0 aromatic heterocycles. The Morgan fingerprint density at radius 2 is 1.57 bits per heavy atom. The third-order valence-corrected chi connectivity index (χ3v) is 2.42. The zero-order valence-corrected chi connectivity index (χ0v) is 12.6. The molecule has 0 spiro atoms. The van der Waals surface area contributed by atoms with Crippen molar-refractivity contribution in [2.45, 2.75) is 13.0 Å². The van der Waals surface area contributed by atoms with Crippen LogP contribution < -0.4 is 14.2 Å². The first-order valence-electron chi connectivity index (χ1n) is 6.28. The van der Waals surface area contributed by atoms with Gasteiger partial charge in [-0.15, -0.1) is 0 Å². The van der Waals surface area contributed by atoms with Crippen molar-refractivity contribution in [2.24, 2.45) is 0 Å². The summed E-state index contributed by atoms with van der Waals surface area (Å²) in [5.74, 6) is 12.7. The fourth-order valence-corrected chi connectivity index (χ4v) is 1.53. The molecule has 1 rings (SSSR count).